The van der Waals surface area contributed by atoms with Gasteiger partial charge >= 0.3 is 0 Å². The number of nitrogens with zero attached hydrogens (tertiary/aromatic N) is 3. The molecule has 0 spiro atoms. The number of amides is 1. The van der Waals surface area contributed by atoms with Gasteiger partial charge in [0.1, 0.15) is 17.8 Å². The van der Waals surface area contributed by atoms with Crippen LogP contribution in [-0.2, 0) is 4.79 Å². The zero-order valence-electron chi connectivity index (χ0n) is 14.0. The van der Waals surface area contributed by atoms with Crippen LogP contribution in [0.4, 0.5) is 5.82 Å². The quantitative estimate of drug-likeness (QED) is 0.554. The van der Waals surface area contributed by atoms with Crippen LogP contribution in [-0.4, -0.2) is 44.9 Å². The molecular formula is C19H17N5OS. The Bertz CT molecular complexity index is 1010. The van der Waals surface area contributed by atoms with Gasteiger partial charge < -0.3 is 15.2 Å². The highest BCUT2D eigenvalue weighted by molar-refractivity contribution is 7.08. The molecule has 1 aliphatic rings. The number of aromatic amines is 1. The maximum absolute atomic E-state index is 11.7. The van der Waals surface area contributed by atoms with Gasteiger partial charge in [-0.15, -0.1) is 0 Å². The van der Waals surface area contributed by atoms with Crippen LogP contribution < -0.4 is 5.32 Å². The molecule has 0 saturated carbocycles. The molecule has 130 valence electrons. The van der Waals surface area contributed by atoms with E-state index in [4.69, 9.17) is 0 Å². The van der Waals surface area contributed by atoms with E-state index in [1.54, 1.807) is 16.2 Å². The molecule has 4 rings (SSSR count). The first-order chi connectivity index (χ1) is 12.7. The summed E-state index contributed by atoms with van der Waals surface area (Å²) in [6.07, 6.45) is 3.76. The summed E-state index contributed by atoms with van der Waals surface area (Å²) in [5.41, 5.74) is 2.54. The van der Waals surface area contributed by atoms with Crippen LogP contribution in [0.5, 0.6) is 0 Å². The molecule has 26 heavy (non-hydrogen) atoms. The maximum atomic E-state index is 11.7. The molecule has 3 aromatic rings. The molecule has 0 aliphatic carbocycles. The van der Waals surface area contributed by atoms with Crippen LogP contribution in [0.15, 0.2) is 41.9 Å². The Balaban J connectivity index is 1.55. The van der Waals surface area contributed by atoms with E-state index < -0.39 is 0 Å². The Hall–Kier alpha value is -3.11. The number of hydrogen-bond donors (Lipinski definition) is 2. The third kappa shape index (κ3) is 3.32. The lowest BCUT2D eigenvalue weighted by molar-refractivity contribution is -0.125. The van der Waals surface area contributed by atoms with E-state index in [1.807, 2.05) is 22.9 Å². The summed E-state index contributed by atoms with van der Waals surface area (Å²) < 4.78 is 0. The minimum atomic E-state index is -0.0326. The molecule has 7 heteroatoms. The van der Waals surface area contributed by atoms with E-state index in [9.17, 15) is 4.79 Å². The Morgan fingerprint density at radius 3 is 3.19 bits per heavy atom. The largest absolute Gasteiger partial charge is 0.365 e. The number of carbonyl (C=O) groups excluding carboxylic acids is 1. The predicted molar refractivity (Wildman–Crippen MR) is 103 cm³/mol. The molecule has 2 N–H and O–H groups in total. The van der Waals surface area contributed by atoms with E-state index in [-0.39, 0.29) is 11.9 Å². The molecule has 0 bridgehead atoms. The number of rotatable bonds is 3. The number of anilines is 1. The lowest BCUT2D eigenvalue weighted by atomic mass is 10.2. The molecule has 0 unspecified atom stereocenters. The van der Waals surface area contributed by atoms with Crippen LogP contribution in [0.3, 0.4) is 0 Å². The minimum Gasteiger partial charge on any atom is -0.365 e. The molecule has 6 nitrogen and oxygen atoms in total. The second kappa shape index (κ2) is 7.02. The topological polar surface area (TPSA) is 73.9 Å². The van der Waals surface area contributed by atoms with E-state index in [2.05, 4.69) is 38.7 Å². The summed E-state index contributed by atoms with van der Waals surface area (Å²) in [5, 5.41) is 8.35. The summed E-state index contributed by atoms with van der Waals surface area (Å²) in [6.45, 7) is 4.91. The van der Waals surface area contributed by atoms with Gasteiger partial charge in [-0.2, -0.15) is 11.3 Å². The van der Waals surface area contributed by atoms with Gasteiger partial charge in [0.05, 0.1) is 11.1 Å². The average molecular weight is 363 g/mol. The van der Waals surface area contributed by atoms with Gasteiger partial charge in [-0.1, -0.05) is 12.5 Å². The van der Waals surface area contributed by atoms with Crippen molar-refractivity contribution >= 4 is 34.1 Å². The number of thiophene rings is 1. The number of carbonyl (C=O) groups is 1. The summed E-state index contributed by atoms with van der Waals surface area (Å²) >= 11 is 1.62. The molecule has 1 fully saturated rings. The Kier molecular flexibility index (Phi) is 4.42. The summed E-state index contributed by atoms with van der Waals surface area (Å²) in [4.78, 5) is 25.4. The Labute approximate surface area is 155 Å². The third-order valence-electron chi connectivity index (χ3n) is 4.30. The molecule has 0 aromatic carbocycles. The maximum Gasteiger partial charge on any atom is 0.246 e. The fourth-order valence-corrected chi connectivity index (χ4v) is 3.59. The van der Waals surface area contributed by atoms with Crippen molar-refractivity contribution in [2.45, 2.75) is 12.5 Å². The van der Waals surface area contributed by atoms with Crippen molar-refractivity contribution in [2.75, 3.05) is 18.4 Å². The van der Waals surface area contributed by atoms with E-state index >= 15 is 0 Å². The summed E-state index contributed by atoms with van der Waals surface area (Å²) in [7, 11) is 0. The van der Waals surface area contributed by atoms with Gasteiger partial charge in [-0.25, -0.2) is 9.97 Å². The van der Waals surface area contributed by atoms with Crippen molar-refractivity contribution in [3.05, 3.63) is 53.1 Å². The van der Waals surface area contributed by atoms with Gasteiger partial charge in [0.25, 0.3) is 0 Å². The Morgan fingerprint density at radius 2 is 2.38 bits per heavy atom. The lowest BCUT2D eigenvalue weighted by Gasteiger charge is -2.15. The van der Waals surface area contributed by atoms with Crippen molar-refractivity contribution < 1.29 is 4.79 Å². The number of nitrogens with one attached hydrogen (secondary N) is 2. The van der Waals surface area contributed by atoms with Crippen molar-refractivity contribution in [3.63, 3.8) is 0 Å². The highest BCUT2D eigenvalue weighted by Crippen LogP contribution is 2.23. The zero-order valence-corrected chi connectivity index (χ0v) is 14.8. The monoisotopic (exact) mass is 363 g/mol. The minimum absolute atomic E-state index is 0.0326. The molecule has 1 saturated heterocycles. The number of fused-ring (bicyclic) bond motifs is 1. The zero-order chi connectivity index (χ0) is 17.9. The van der Waals surface area contributed by atoms with E-state index in [1.165, 1.54) is 12.4 Å². The standard InChI is InChI=1S/C19H17N5OS/c1-2-17(25)24-7-5-15(10-24)23-19-16-9-14(22-18(16)20-12-21-19)4-3-13-6-8-26-11-13/h2,6,8-9,11-12,15H,1,5,7,10H2,(H2,20,21,22,23)/t15-/m1/s1. The first kappa shape index (κ1) is 16.4. The van der Waals surface area contributed by atoms with Crippen LogP contribution in [0.25, 0.3) is 11.0 Å². The highest BCUT2D eigenvalue weighted by atomic mass is 32.1. The van der Waals surface area contributed by atoms with Crippen LogP contribution in [0.1, 0.15) is 17.7 Å². The first-order valence-electron chi connectivity index (χ1n) is 8.29. The van der Waals surface area contributed by atoms with Crippen molar-refractivity contribution in [1.82, 2.24) is 19.9 Å². The van der Waals surface area contributed by atoms with E-state index in [0.717, 1.165) is 41.1 Å². The molecule has 1 amide bonds. The third-order valence-corrected chi connectivity index (χ3v) is 4.99. The van der Waals surface area contributed by atoms with Gasteiger partial charge in [0.2, 0.25) is 5.91 Å². The van der Waals surface area contributed by atoms with Crippen LogP contribution in [0.2, 0.25) is 0 Å². The molecule has 3 aromatic heterocycles. The summed E-state index contributed by atoms with van der Waals surface area (Å²) in [5.74, 6) is 6.98. The predicted octanol–water partition coefficient (Wildman–Crippen LogP) is 2.62. The fraction of sp³-hybridized carbons (Fsp3) is 0.211. The van der Waals surface area contributed by atoms with Gasteiger partial charge in [-0.3, -0.25) is 4.79 Å². The fourth-order valence-electron chi connectivity index (χ4n) is 3.00. The van der Waals surface area contributed by atoms with E-state index in [0.29, 0.717) is 6.54 Å². The highest BCUT2D eigenvalue weighted by Gasteiger charge is 2.25. The van der Waals surface area contributed by atoms with Crippen molar-refractivity contribution in [2.24, 2.45) is 0 Å². The summed E-state index contributed by atoms with van der Waals surface area (Å²) in [6, 6.07) is 4.11. The van der Waals surface area contributed by atoms with Gasteiger partial charge in [-0.05, 0) is 35.9 Å². The number of likely N-dealkylation sites (tertiary alicyclic amines) is 1. The molecule has 1 atom stereocenters. The smallest absolute Gasteiger partial charge is 0.246 e. The molecular weight excluding hydrogens is 346 g/mol. The van der Waals surface area contributed by atoms with Crippen molar-refractivity contribution in [1.29, 1.82) is 0 Å². The normalized spacial score (nSPS) is 16.3. The number of H-pyrrole nitrogens is 1. The molecule has 1 aliphatic heterocycles. The van der Waals surface area contributed by atoms with Gasteiger partial charge in [0, 0.05) is 30.1 Å². The number of hydrogen-bond acceptors (Lipinski definition) is 5. The SMILES string of the molecule is C=CC(=O)N1CC[C@@H](Nc2ncnc3[nH]c(C#Cc4ccsc4)cc23)C1. The van der Waals surface area contributed by atoms with Crippen molar-refractivity contribution in [3.8, 4) is 11.8 Å². The van der Waals surface area contributed by atoms with Gasteiger partial charge in [0.15, 0.2) is 0 Å². The molecule has 4 heterocycles. The van der Waals surface area contributed by atoms with Crippen LogP contribution >= 0.6 is 11.3 Å². The Morgan fingerprint density at radius 1 is 1.46 bits per heavy atom. The molecule has 0 radical (unpaired) electrons. The van der Waals surface area contributed by atoms with Crippen LogP contribution in [0, 0.1) is 11.8 Å². The second-order valence-electron chi connectivity index (χ2n) is 6.05. The average Bonchev–Trinajstić information content (AvgIpc) is 3.39. The second-order valence-corrected chi connectivity index (χ2v) is 6.83. The number of aromatic nitrogens is 3. The first-order valence-corrected chi connectivity index (χ1v) is 9.23. The lowest BCUT2D eigenvalue weighted by Crippen LogP contribution is -2.30.